The van der Waals surface area contributed by atoms with E-state index in [1.165, 1.54) is 18.4 Å². The number of nitrogens with one attached hydrogen (secondary N) is 1. The molecule has 0 aliphatic rings. The van der Waals surface area contributed by atoms with Crippen molar-refractivity contribution in [3.05, 3.63) is 38.8 Å². The van der Waals surface area contributed by atoms with E-state index in [-0.39, 0.29) is 5.97 Å². The van der Waals surface area contributed by atoms with E-state index in [4.69, 9.17) is 11.6 Å². The second kappa shape index (κ2) is 7.06. The molecule has 106 valence electrons. The van der Waals surface area contributed by atoms with E-state index >= 15 is 0 Å². The van der Waals surface area contributed by atoms with E-state index in [9.17, 15) is 4.79 Å². The minimum atomic E-state index is -0.234. The van der Waals surface area contributed by atoms with Crippen molar-refractivity contribution in [2.24, 2.45) is 0 Å². The number of ether oxygens (including phenoxy) is 1. The van der Waals surface area contributed by atoms with Crippen LogP contribution in [0.1, 0.15) is 12.1 Å². The van der Waals surface area contributed by atoms with E-state index in [0.717, 1.165) is 21.0 Å². The summed E-state index contributed by atoms with van der Waals surface area (Å²) in [5, 5.41) is 6.44. The minimum Gasteiger partial charge on any atom is -0.469 e. The number of esters is 1. The quantitative estimate of drug-likeness (QED) is 0.787. The van der Waals surface area contributed by atoms with Gasteiger partial charge in [0.2, 0.25) is 0 Å². The summed E-state index contributed by atoms with van der Waals surface area (Å²) in [4.78, 5) is 15.5. The van der Waals surface area contributed by atoms with Gasteiger partial charge in [0.15, 0.2) is 5.13 Å². The molecule has 0 fully saturated rings. The standard InChI is InChI=1S/C13H12BrClN2O2S/c1-19-12(18)5-3-9-7-20-13(16-9)17-11-6-8(14)2-4-10(11)15/h2,4,6-7H,3,5H2,1H3,(H,16,17). The van der Waals surface area contributed by atoms with Crippen molar-refractivity contribution in [2.45, 2.75) is 12.8 Å². The molecular weight excluding hydrogens is 364 g/mol. The maximum atomic E-state index is 11.1. The Morgan fingerprint density at radius 1 is 1.55 bits per heavy atom. The Morgan fingerprint density at radius 3 is 3.10 bits per heavy atom. The number of thiazole rings is 1. The summed E-state index contributed by atoms with van der Waals surface area (Å²) in [6.07, 6.45) is 0.897. The summed E-state index contributed by atoms with van der Waals surface area (Å²) >= 11 is 11.0. The van der Waals surface area contributed by atoms with Crippen molar-refractivity contribution in [2.75, 3.05) is 12.4 Å². The van der Waals surface area contributed by atoms with Crippen molar-refractivity contribution in [1.29, 1.82) is 0 Å². The molecule has 20 heavy (non-hydrogen) atoms. The molecule has 4 nitrogen and oxygen atoms in total. The molecular formula is C13H12BrClN2O2S. The number of rotatable bonds is 5. The molecule has 0 saturated heterocycles. The Hall–Kier alpha value is -1.11. The lowest BCUT2D eigenvalue weighted by atomic mass is 10.2. The van der Waals surface area contributed by atoms with Gasteiger partial charge < -0.3 is 10.1 Å². The molecule has 0 unspecified atom stereocenters. The third-order valence-corrected chi connectivity index (χ3v) is 4.16. The number of methoxy groups -OCH3 is 1. The lowest BCUT2D eigenvalue weighted by Crippen LogP contribution is -2.02. The molecule has 0 spiro atoms. The summed E-state index contributed by atoms with van der Waals surface area (Å²) in [5.41, 5.74) is 1.64. The Labute approximate surface area is 134 Å². The molecule has 0 aliphatic heterocycles. The van der Waals surface area contributed by atoms with Crippen LogP contribution in [0.5, 0.6) is 0 Å². The molecule has 0 radical (unpaired) electrons. The topological polar surface area (TPSA) is 51.2 Å². The summed E-state index contributed by atoms with van der Waals surface area (Å²) in [5.74, 6) is -0.234. The number of carbonyl (C=O) groups is 1. The maximum absolute atomic E-state index is 11.1. The number of halogens is 2. The van der Waals surface area contributed by atoms with E-state index in [1.54, 1.807) is 6.07 Å². The first-order chi connectivity index (χ1) is 9.58. The zero-order chi connectivity index (χ0) is 14.5. The Kier molecular flexibility index (Phi) is 5.39. The number of anilines is 2. The number of benzene rings is 1. The average Bonchev–Trinajstić information content (AvgIpc) is 2.88. The third-order valence-electron chi connectivity index (χ3n) is 2.53. The van der Waals surface area contributed by atoms with Crippen LogP contribution in [0.15, 0.2) is 28.1 Å². The number of aromatic nitrogens is 1. The van der Waals surface area contributed by atoms with Gasteiger partial charge in [0, 0.05) is 16.3 Å². The van der Waals surface area contributed by atoms with Crippen LogP contribution in [0.25, 0.3) is 0 Å². The summed E-state index contributed by atoms with van der Waals surface area (Å²) in [7, 11) is 1.38. The molecule has 0 amide bonds. The number of carbonyl (C=O) groups excluding carboxylic acids is 1. The van der Waals surface area contributed by atoms with Crippen molar-refractivity contribution < 1.29 is 9.53 Å². The van der Waals surface area contributed by atoms with Crippen molar-refractivity contribution in [3.8, 4) is 0 Å². The molecule has 0 aliphatic carbocycles. The first kappa shape index (κ1) is 15.3. The highest BCUT2D eigenvalue weighted by atomic mass is 79.9. The molecule has 0 bridgehead atoms. The van der Waals surface area contributed by atoms with Gasteiger partial charge in [-0.25, -0.2) is 4.98 Å². The van der Waals surface area contributed by atoms with Gasteiger partial charge in [-0.15, -0.1) is 11.3 Å². The second-order valence-corrected chi connectivity index (χ2v) is 6.15. The van der Waals surface area contributed by atoms with Crippen LogP contribution >= 0.6 is 38.9 Å². The lowest BCUT2D eigenvalue weighted by molar-refractivity contribution is -0.140. The maximum Gasteiger partial charge on any atom is 0.305 e. The molecule has 2 rings (SSSR count). The van der Waals surface area contributed by atoms with E-state index < -0.39 is 0 Å². The third kappa shape index (κ3) is 4.19. The van der Waals surface area contributed by atoms with Crippen molar-refractivity contribution >= 4 is 55.7 Å². The lowest BCUT2D eigenvalue weighted by Gasteiger charge is -2.05. The molecule has 1 N–H and O–H groups in total. The van der Waals surface area contributed by atoms with E-state index in [2.05, 4.69) is 31.0 Å². The zero-order valence-corrected chi connectivity index (χ0v) is 13.8. The van der Waals surface area contributed by atoms with Gasteiger partial charge in [-0.2, -0.15) is 0 Å². The van der Waals surface area contributed by atoms with Crippen molar-refractivity contribution in [1.82, 2.24) is 4.98 Å². The molecule has 1 aromatic heterocycles. The molecule has 1 heterocycles. The van der Waals surface area contributed by atoms with E-state index in [1.807, 2.05) is 17.5 Å². The zero-order valence-electron chi connectivity index (χ0n) is 10.7. The molecule has 1 aromatic carbocycles. The smallest absolute Gasteiger partial charge is 0.305 e. The fourth-order valence-corrected chi connectivity index (χ4v) is 2.80. The molecule has 0 atom stereocenters. The van der Waals surface area contributed by atoms with Gasteiger partial charge in [0.25, 0.3) is 0 Å². The fraction of sp³-hybridized carbons (Fsp3) is 0.231. The Bertz CT molecular complexity index is 618. The van der Waals surface area contributed by atoms with Gasteiger partial charge in [0.05, 0.1) is 29.9 Å². The summed E-state index contributed by atoms with van der Waals surface area (Å²) < 4.78 is 5.54. The second-order valence-electron chi connectivity index (χ2n) is 3.97. The van der Waals surface area contributed by atoms with E-state index in [0.29, 0.717) is 17.9 Å². The van der Waals surface area contributed by atoms with Crippen LogP contribution in [0.2, 0.25) is 5.02 Å². The first-order valence-corrected chi connectivity index (χ1v) is 7.87. The van der Waals surface area contributed by atoms with Crippen LogP contribution in [-0.2, 0) is 16.0 Å². The Morgan fingerprint density at radius 2 is 2.35 bits per heavy atom. The molecule has 2 aromatic rings. The summed E-state index contributed by atoms with van der Waals surface area (Å²) in [6, 6.07) is 5.56. The fourth-order valence-electron chi connectivity index (χ4n) is 1.52. The number of hydrogen-bond acceptors (Lipinski definition) is 5. The van der Waals surface area contributed by atoms with Crippen molar-refractivity contribution in [3.63, 3.8) is 0 Å². The monoisotopic (exact) mass is 374 g/mol. The number of aryl methyl sites for hydroxylation is 1. The average molecular weight is 376 g/mol. The first-order valence-electron chi connectivity index (χ1n) is 5.82. The Balaban J connectivity index is 2.02. The van der Waals surface area contributed by atoms with Gasteiger partial charge in [-0.3, -0.25) is 4.79 Å². The number of hydrogen-bond donors (Lipinski definition) is 1. The highest BCUT2D eigenvalue weighted by Gasteiger charge is 2.08. The largest absolute Gasteiger partial charge is 0.469 e. The van der Waals surface area contributed by atoms with Gasteiger partial charge in [0.1, 0.15) is 0 Å². The van der Waals surface area contributed by atoms with Gasteiger partial charge in [-0.1, -0.05) is 27.5 Å². The van der Waals surface area contributed by atoms with Gasteiger partial charge >= 0.3 is 5.97 Å². The van der Waals surface area contributed by atoms with Gasteiger partial charge in [-0.05, 0) is 18.2 Å². The van der Waals surface area contributed by atoms with Crippen LogP contribution in [-0.4, -0.2) is 18.1 Å². The predicted octanol–water partition coefficient (Wildman–Crippen LogP) is 4.41. The summed E-state index contributed by atoms with van der Waals surface area (Å²) in [6.45, 7) is 0. The highest BCUT2D eigenvalue weighted by molar-refractivity contribution is 9.10. The van der Waals surface area contributed by atoms with Crippen LogP contribution in [0.3, 0.4) is 0 Å². The molecule has 7 heteroatoms. The highest BCUT2D eigenvalue weighted by Crippen LogP contribution is 2.30. The SMILES string of the molecule is COC(=O)CCc1csc(Nc2cc(Br)ccc2Cl)n1. The minimum absolute atomic E-state index is 0.234. The van der Waals surface area contributed by atoms with Crippen LogP contribution in [0, 0.1) is 0 Å². The molecule has 0 saturated carbocycles. The predicted molar refractivity (Wildman–Crippen MR) is 84.9 cm³/mol. The number of nitrogens with zero attached hydrogens (tertiary/aromatic N) is 1. The van der Waals surface area contributed by atoms with Crippen LogP contribution in [0.4, 0.5) is 10.8 Å². The van der Waals surface area contributed by atoms with Crippen LogP contribution < -0.4 is 5.32 Å². The normalized spacial score (nSPS) is 10.3.